The number of likely N-dealkylation sites (tertiary alicyclic amines) is 1. The summed E-state index contributed by atoms with van der Waals surface area (Å²) < 4.78 is 5.26. The molecule has 2 aromatic rings. The second kappa shape index (κ2) is 10.4. The summed E-state index contributed by atoms with van der Waals surface area (Å²) in [5.74, 6) is -0.563. The molecule has 1 atom stereocenters. The molecule has 166 valence electrons. The SMILES string of the molecule is CCOC(=O)C(C)(Cc1ccc(O)cc1)NC(=O)C1CCN(Cc2ccccn2)CC1. The molecule has 3 rings (SSSR count). The summed E-state index contributed by atoms with van der Waals surface area (Å²) in [4.78, 5) is 32.4. The van der Waals surface area contributed by atoms with Gasteiger partial charge in [0.15, 0.2) is 0 Å². The van der Waals surface area contributed by atoms with Crippen molar-refractivity contribution in [1.82, 2.24) is 15.2 Å². The number of pyridine rings is 1. The Kier molecular flexibility index (Phi) is 7.63. The molecule has 1 fully saturated rings. The average molecular weight is 426 g/mol. The van der Waals surface area contributed by atoms with E-state index in [1.54, 1.807) is 44.3 Å². The minimum atomic E-state index is -1.17. The minimum absolute atomic E-state index is 0.119. The molecule has 1 amide bonds. The molecule has 0 aliphatic carbocycles. The van der Waals surface area contributed by atoms with Gasteiger partial charge in [-0.15, -0.1) is 0 Å². The lowest BCUT2D eigenvalue weighted by atomic mass is 9.89. The van der Waals surface area contributed by atoms with E-state index in [4.69, 9.17) is 4.74 Å². The topological polar surface area (TPSA) is 91.8 Å². The molecule has 1 aliphatic rings. The van der Waals surface area contributed by atoms with Crippen LogP contribution in [0, 0.1) is 5.92 Å². The Labute approximate surface area is 183 Å². The number of carbonyl (C=O) groups is 2. The van der Waals surface area contributed by atoms with Crippen LogP contribution in [0.25, 0.3) is 0 Å². The van der Waals surface area contributed by atoms with Crippen LogP contribution in [0.4, 0.5) is 0 Å². The van der Waals surface area contributed by atoms with Crippen LogP contribution in [0.1, 0.15) is 37.9 Å². The van der Waals surface area contributed by atoms with Crippen molar-refractivity contribution in [1.29, 1.82) is 0 Å². The summed E-state index contributed by atoms with van der Waals surface area (Å²) in [6.07, 6.45) is 3.55. The van der Waals surface area contributed by atoms with Crippen molar-refractivity contribution in [3.05, 3.63) is 59.9 Å². The van der Waals surface area contributed by atoms with Crippen LogP contribution in [0.5, 0.6) is 5.75 Å². The molecule has 7 heteroatoms. The van der Waals surface area contributed by atoms with Gasteiger partial charge in [0.05, 0.1) is 12.3 Å². The van der Waals surface area contributed by atoms with E-state index in [1.165, 1.54) is 0 Å². The van der Waals surface area contributed by atoms with E-state index in [9.17, 15) is 14.7 Å². The Morgan fingerprint density at radius 2 is 1.90 bits per heavy atom. The second-order valence-corrected chi connectivity index (χ2v) is 8.26. The summed E-state index contributed by atoms with van der Waals surface area (Å²) in [7, 11) is 0. The summed E-state index contributed by atoms with van der Waals surface area (Å²) in [5, 5.41) is 12.5. The van der Waals surface area contributed by atoms with Crippen LogP contribution in [-0.4, -0.2) is 52.1 Å². The zero-order valence-electron chi connectivity index (χ0n) is 18.2. The first-order valence-electron chi connectivity index (χ1n) is 10.8. The third-order valence-corrected chi connectivity index (χ3v) is 5.69. The van der Waals surface area contributed by atoms with E-state index in [0.29, 0.717) is 0 Å². The zero-order chi connectivity index (χ0) is 22.3. The first kappa shape index (κ1) is 22.7. The van der Waals surface area contributed by atoms with E-state index in [2.05, 4.69) is 15.2 Å². The lowest BCUT2D eigenvalue weighted by Crippen LogP contribution is -2.56. The van der Waals surface area contributed by atoms with E-state index in [1.807, 2.05) is 18.2 Å². The molecular weight excluding hydrogens is 394 g/mol. The van der Waals surface area contributed by atoms with Crippen LogP contribution in [0.15, 0.2) is 48.7 Å². The fourth-order valence-corrected chi connectivity index (χ4v) is 3.93. The van der Waals surface area contributed by atoms with Crippen molar-refractivity contribution in [3.63, 3.8) is 0 Å². The van der Waals surface area contributed by atoms with Crippen LogP contribution in [0.2, 0.25) is 0 Å². The van der Waals surface area contributed by atoms with E-state index in [-0.39, 0.29) is 30.6 Å². The highest BCUT2D eigenvalue weighted by molar-refractivity contribution is 5.89. The number of esters is 1. The fourth-order valence-electron chi connectivity index (χ4n) is 3.93. The molecule has 2 heterocycles. The Balaban J connectivity index is 1.61. The highest BCUT2D eigenvalue weighted by atomic mass is 16.5. The number of ether oxygens (including phenoxy) is 1. The van der Waals surface area contributed by atoms with Crippen LogP contribution < -0.4 is 5.32 Å². The number of rotatable bonds is 8. The molecule has 0 radical (unpaired) electrons. The Morgan fingerprint density at radius 3 is 2.52 bits per heavy atom. The molecule has 31 heavy (non-hydrogen) atoms. The molecule has 1 aromatic heterocycles. The minimum Gasteiger partial charge on any atom is -0.508 e. The van der Waals surface area contributed by atoms with Crippen molar-refractivity contribution in [3.8, 4) is 5.75 Å². The quantitative estimate of drug-likeness (QED) is 0.632. The Bertz CT molecular complexity index is 864. The highest BCUT2D eigenvalue weighted by Gasteiger charge is 2.39. The molecule has 1 aliphatic heterocycles. The van der Waals surface area contributed by atoms with Gasteiger partial charge in [0.25, 0.3) is 0 Å². The zero-order valence-corrected chi connectivity index (χ0v) is 18.2. The molecule has 0 saturated carbocycles. The molecule has 2 N–H and O–H groups in total. The first-order chi connectivity index (χ1) is 14.9. The molecule has 0 spiro atoms. The average Bonchev–Trinajstić information content (AvgIpc) is 2.77. The number of phenols is 1. The fraction of sp³-hybridized carbons (Fsp3) is 0.458. The highest BCUT2D eigenvalue weighted by Crippen LogP contribution is 2.23. The second-order valence-electron chi connectivity index (χ2n) is 8.26. The number of piperidine rings is 1. The van der Waals surface area contributed by atoms with Crippen molar-refractivity contribution in [2.45, 2.75) is 45.2 Å². The summed E-state index contributed by atoms with van der Waals surface area (Å²) in [6, 6.07) is 12.5. The molecule has 0 bridgehead atoms. The predicted molar refractivity (Wildman–Crippen MR) is 117 cm³/mol. The van der Waals surface area contributed by atoms with Crippen molar-refractivity contribution >= 4 is 11.9 Å². The molecule has 1 unspecified atom stereocenters. The van der Waals surface area contributed by atoms with Crippen LogP contribution in [-0.2, 0) is 27.3 Å². The van der Waals surface area contributed by atoms with E-state index in [0.717, 1.165) is 43.7 Å². The number of amides is 1. The third kappa shape index (κ3) is 6.28. The Hall–Kier alpha value is -2.93. The number of phenolic OH excluding ortho intramolecular Hbond substituents is 1. The van der Waals surface area contributed by atoms with E-state index >= 15 is 0 Å². The van der Waals surface area contributed by atoms with Gasteiger partial charge in [-0.1, -0.05) is 18.2 Å². The summed E-state index contributed by atoms with van der Waals surface area (Å²) in [5.41, 5.74) is 0.683. The normalized spacial score (nSPS) is 17.0. The van der Waals surface area contributed by atoms with Gasteiger partial charge in [0.1, 0.15) is 11.3 Å². The van der Waals surface area contributed by atoms with Crippen molar-refractivity contribution in [2.24, 2.45) is 5.92 Å². The van der Waals surface area contributed by atoms with Gasteiger partial charge in [-0.2, -0.15) is 0 Å². The lowest BCUT2D eigenvalue weighted by molar-refractivity contribution is -0.153. The molecular formula is C24H31N3O4. The number of hydrogen-bond acceptors (Lipinski definition) is 6. The monoisotopic (exact) mass is 425 g/mol. The number of nitrogens with zero attached hydrogens (tertiary/aromatic N) is 2. The maximum atomic E-state index is 13.0. The first-order valence-corrected chi connectivity index (χ1v) is 10.8. The number of nitrogens with one attached hydrogen (secondary N) is 1. The number of benzene rings is 1. The number of carbonyl (C=O) groups excluding carboxylic acids is 2. The van der Waals surface area contributed by atoms with Gasteiger partial charge in [-0.05, 0) is 69.6 Å². The third-order valence-electron chi connectivity index (χ3n) is 5.69. The number of hydrogen-bond donors (Lipinski definition) is 2. The molecule has 7 nitrogen and oxygen atoms in total. The number of aromatic nitrogens is 1. The van der Waals surface area contributed by atoms with Gasteiger partial charge >= 0.3 is 5.97 Å². The van der Waals surface area contributed by atoms with Gasteiger partial charge in [-0.25, -0.2) is 4.79 Å². The largest absolute Gasteiger partial charge is 0.508 e. The summed E-state index contributed by atoms with van der Waals surface area (Å²) >= 11 is 0. The predicted octanol–water partition coefficient (Wildman–Crippen LogP) is 2.68. The van der Waals surface area contributed by atoms with Crippen molar-refractivity contribution in [2.75, 3.05) is 19.7 Å². The summed E-state index contributed by atoms with van der Waals surface area (Å²) in [6.45, 7) is 6.08. The molecule has 1 saturated heterocycles. The van der Waals surface area contributed by atoms with Gasteiger partial charge in [0.2, 0.25) is 5.91 Å². The Morgan fingerprint density at radius 1 is 1.19 bits per heavy atom. The molecule has 1 aromatic carbocycles. The van der Waals surface area contributed by atoms with Gasteiger partial charge in [0, 0.05) is 25.1 Å². The maximum absolute atomic E-state index is 13.0. The van der Waals surface area contributed by atoms with Gasteiger partial charge < -0.3 is 15.2 Å². The lowest BCUT2D eigenvalue weighted by Gasteiger charge is -2.34. The van der Waals surface area contributed by atoms with Crippen LogP contribution in [0.3, 0.4) is 0 Å². The maximum Gasteiger partial charge on any atom is 0.331 e. The van der Waals surface area contributed by atoms with Crippen LogP contribution >= 0.6 is 0 Å². The number of aromatic hydroxyl groups is 1. The van der Waals surface area contributed by atoms with Gasteiger partial charge in [-0.3, -0.25) is 14.7 Å². The standard InChI is InChI=1S/C24H31N3O4/c1-3-31-23(30)24(2,16-18-7-9-21(28)10-8-18)26-22(29)19-11-14-27(15-12-19)17-20-6-4-5-13-25-20/h4-10,13,19,28H,3,11-12,14-17H2,1-2H3,(H,26,29). The smallest absolute Gasteiger partial charge is 0.331 e. The van der Waals surface area contributed by atoms with E-state index < -0.39 is 11.5 Å². The van der Waals surface area contributed by atoms with Crippen molar-refractivity contribution < 1.29 is 19.4 Å².